The molecule has 0 heterocycles. The molecule has 19 heavy (non-hydrogen) atoms. The second-order valence-electron chi connectivity index (χ2n) is 4.13. The quantitative estimate of drug-likeness (QED) is 0.606. The van der Waals surface area contributed by atoms with Crippen LogP contribution in [-0.2, 0) is 4.79 Å². The van der Waals surface area contributed by atoms with E-state index in [1.165, 1.54) is 6.08 Å². The molecule has 102 valence electrons. The van der Waals surface area contributed by atoms with Gasteiger partial charge in [0.25, 0.3) is 0 Å². The van der Waals surface area contributed by atoms with E-state index < -0.39 is 5.97 Å². The minimum absolute atomic E-state index is 0.509. The smallest absolute Gasteiger partial charge is 0.328 e. The van der Waals surface area contributed by atoms with Gasteiger partial charge in [-0.3, -0.25) is 0 Å². The summed E-state index contributed by atoms with van der Waals surface area (Å²) in [6, 6.07) is 5.27. The molecule has 0 aliphatic rings. The van der Waals surface area contributed by atoms with Gasteiger partial charge in [0.15, 0.2) is 0 Å². The molecule has 0 aliphatic heterocycles. The number of benzene rings is 1. The Morgan fingerprint density at radius 1 is 1.47 bits per heavy atom. The van der Waals surface area contributed by atoms with Crippen molar-refractivity contribution < 1.29 is 19.4 Å². The van der Waals surface area contributed by atoms with E-state index in [9.17, 15) is 4.79 Å². The molecule has 0 amide bonds. The minimum Gasteiger partial charge on any atom is -0.497 e. The number of hydrogen-bond donors (Lipinski definition) is 1. The van der Waals surface area contributed by atoms with Crippen LogP contribution in [0.2, 0.25) is 0 Å². The van der Waals surface area contributed by atoms with E-state index in [-0.39, 0.29) is 0 Å². The lowest BCUT2D eigenvalue weighted by molar-refractivity contribution is -0.131. The van der Waals surface area contributed by atoms with Gasteiger partial charge in [-0.25, -0.2) is 4.79 Å². The predicted octanol–water partition coefficient (Wildman–Crippen LogP) is 3.14. The van der Waals surface area contributed by atoms with E-state index in [4.69, 9.17) is 14.6 Å². The average Bonchev–Trinajstić information content (AvgIpc) is 2.36. The Morgan fingerprint density at radius 2 is 2.21 bits per heavy atom. The third-order valence-corrected chi connectivity index (χ3v) is 2.41. The molecule has 4 nitrogen and oxygen atoms in total. The van der Waals surface area contributed by atoms with Crippen molar-refractivity contribution in [2.24, 2.45) is 0 Å². The van der Waals surface area contributed by atoms with Crippen molar-refractivity contribution in [1.82, 2.24) is 0 Å². The molecule has 1 rings (SSSR count). The van der Waals surface area contributed by atoms with Crippen molar-refractivity contribution in [2.75, 3.05) is 13.7 Å². The van der Waals surface area contributed by atoms with E-state index in [1.807, 2.05) is 6.92 Å². The van der Waals surface area contributed by atoms with Crippen LogP contribution in [0.15, 0.2) is 36.4 Å². The zero-order valence-corrected chi connectivity index (χ0v) is 11.2. The molecule has 0 fully saturated rings. The highest BCUT2D eigenvalue weighted by Gasteiger charge is 2.04. The molecule has 1 aromatic carbocycles. The molecule has 1 N–H and O–H groups in total. The number of ether oxygens (including phenoxy) is 2. The Kier molecular flexibility index (Phi) is 5.67. The molecule has 0 radical (unpaired) electrons. The van der Waals surface area contributed by atoms with Crippen molar-refractivity contribution in [3.05, 3.63) is 42.0 Å². The fourth-order valence-electron chi connectivity index (χ4n) is 1.41. The number of carbonyl (C=O) groups is 1. The largest absolute Gasteiger partial charge is 0.497 e. The monoisotopic (exact) mass is 262 g/mol. The summed E-state index contributed by atoms with van der Waals surface area (Å²) in [5, 5.41) is 8.67. The Bertz CT molecular complexity index is 489. The van der Waals surface area contributed by atoms with Crippen molar-refractivity contribution in [2.45, 2.75) is 13.3 Å². The molecule has 4 heteroatoms. The molecular formula is C15H18O4. The topological polar surface area (TPSA) is 55.8 Å². The molecular weight excluding hydrogens is 244 g/mol. The van der Waals surface area contributed by atoms with Gasteiger partial charge in [-0.05, 0) is 31.2 Å². The molecule has 0 aromatic heterocycles. The van der Waals surface area contributed by atoms with Crippen LogP contribution in [-0.4, -0.2) is 24.8 Å². The molecule has 0 spiro atoms. The molecule has 0 saturated heterocycles. The summed E-state index contributed by atoms with van der Waals surface area (Å²) in [7, 11) is 1.56. The normalized spacial score (nSPS) is 10.4. The van der Waals surface area contributed by atoms with Crippen molar-refractivity contribution in [3.63, 3.8) is 0 Å². The maximum Gasteiger partial charge on any atom is 0.328 e. The average molecular weight is 262 g/mol. The van der Waals surface area contributed by atoms with Crippen LogP contribution in [0.1, 0.15) is 18.9 Å². The van der Waals surface area contributed by atoms with E-state index in [0.29, 0.717) is 23.7 Å². The first-order chi connectivity index (χ1) is 9.02. The number of hydrogen-bond acceptors (Lipinski definition) is 3. The molecule has 1 aromatic rings. The Hall–Kier alpha value is -2.23. The fraction of sp³-hybridized carbons (Fsp3) is 0.267. The van der Waals surface area contributed by atoms with Crippen LogP contribution in [0.3, 0.4) is 0 Å². The standard InChI is InChI=1S/C15H18O4/c1-11(2)8-9-19-14-6-5-13(18-3)10-12(14)4-7-15(16)17/h4-7,10H,1,8-9H2,2-3H3,(H,16,17)/b7-4+. The van der Waals surface area contributed by atoms with Crippen LogP contribution >= 0.6 is 0 Å². The maximum atomic E-state index is 10.6. The number of carboxylic acids is 1. The highest BCUT2D eigenvalue weighted by atomic mass is 16.5. The van der Waals surface area contributed by atoms with Gasteiger partial charge in [-0.15, -0.1) is 6.58 Å². The van der Waals surface area contributed by atoms with E-state index in [0.717, 1.165) is 18.1 Å². The van der Waals surface area contributed by atoms with Gasteiger partial charge in [0.1, 0.15) is 11.5 Å². The van der Waals surface area contributed by atoms with Gasteiger partial charge in [0.2, 0.25) is 0 Å². The second kappa shape index (κ2) is 7.26. The van der Waals surface area contributed by atoms with E-state index in [1.54, 1.807) is 25.3 Å². The molecule has 0 aliphatic carbocycles. The summed E-state index contributed by atoms with van der Waals surface area (Å²) < 4.78 is 10.7. The summed E-state index contributed by atoms with van der Waals surface area (Å²) in [5.74, 6) is 0.271. The molecule has 0 bridgehead atoms. The van der Waals surface area contributed by atoms with Crippen LogP contribution < -0.4 is 9.47 Å². The van der Waals surface area contributed by atoms with Crippen LogP contribution in [0.4, 0.5) is 0 Å². The van der Waals surface area contributed by atoms with Crippen LogP contribution in [0.25, 0.3) is 6.08 Å². The third kappa shape index (κ3) is 5.29. The lowest BCUT2D eigenvalue weighted by Crippen LogP contribution is -1.99. The Labute approximate surface area is 113 Å². The number of methoxy groups -OCH3 is 1. The first-order valence-electron chi connectivity index (χ1n) is 5.89. The van der Waals surface area contributed by atoms with Gasteiger partial charge in [0.05, 0.1) is 13.7 Å². The lowest BCUT2D eigenvalue weighted by atomic mass is 10.1. The van der Waals surface area contributed by atoms with Crippen molar-refractivity contribution >= 4 is 12.0 Å². The van der Waals surface area contributed by atoms with Gasteiger partial charge < -0.3 is 14.6 Å². The summed E-state index contributed by atoms with van der Waals surface area (Å²) >= 11 is 0. The van der Waals surface area contributed by atoms with Gasteiger partial charge >= 0.3 is 5.97 Å². The fourth-order valence-corrected chi connectivity index (χ4v) is 1.41. The minimum atomic E-state index is -1.00. The van der Waals surface area contributed by atoms with Crippen LogP contribution in [0, 0.1) is 0 Å². The zero-order chi connectivity index (χ0) is 14.3. The number of aliphatic carboxylic acids is 1. The zero-order valence-electron chi connectivity index (χ0n) is 11.2. The van der Waals surface area contributed by atoms with Crippen molar-refractivity contribution in [1.29, 1.82) is 0 Å². The summed E-state index contributed by atoms with van der Waals surface area (Å²) in [5.41, 5.74) is 1.71. The predicted molar refractivity (Wildman–Crippen MR) is 74.6 cm³/mol. The van der Waals surface area contributed by atoms with E-state index in [2.05, 4.69) is 6.58 Å². The summed E-state index contributed by atoms with van der Waals surface area (Å²) in [4.78, 5) is 10.6. The molecule has 0 atom stereocenters. The van der Waals surface area contributed by atoms with Gasteiger partial charge in [0, 0.05) is 18.1 Å². The summed E-state index contributed by atoms with van der Waals surface area (Å²) in [6.07, 6.45) is 3.31. The molecule has 0 saturated carbocycles. The Balaban J connectivity index is 2.88. The Morgan fingerprint density at radius 3 is 2.79 bits per heavy atom. The highest BCUT2D eigenvalue weighted by Crippen LogP contribution is 2.25. The molecule has 0 unspecified atom stereocenters. The maximum absolute atomic E-state index is 10.6. The number of carboxylic acid groups (broad SMARTS) is 1. The summed E-state index contributed by atoms with van der Waals surface area (Å²) in [6.45, 7) is 6.25. The van der Waals surface area contributed by atoms with Crippen LogP contribution in [0.5, 0.6) is 11.5 Å². The van der Waals surface area contributed by atoms with E-state index >= 15 is 0 Å². The lowest BCUT2D eigenvalue weighted by Gasteiger charge is -2.10. The SMILES string of the molecule is C=C(C)CCOc1ccc(OC)cc1/C=C/C(=O)O. The highest BCUT2D eigenvalue weighted by molar-refractivity contribution is 5.86. The first-order valence-corrected chi connectivity index (χ1v) is 5.89. The second-order valence-corrected chi connectivity index (χ2v) is 4.13. The van der Waals surface area contributed by atoms with Crippen molar-refractivity contribution in [3.8, 4) is 11.5 Å². The third-order valence-electron chi connectivity index (χ3n) is 2.41. The number of rotatable bonds is 7. The first kappa shape index (κ1) is 14.8. The van der Waals surface area contributed by atoms with Gasteiger partial charge in [-0.1, -0.05) is 5.57 Å². The van der Waals surface area contributed by atoms with Gasteiger partial charge in [-0.2, -0.15) is 0 Å².